The van der Waals surface area contributed by atoms with Gasteiger partial charge >= 0.3 is 5.97 Å². The van der Waals surface area contributed by atoms with Gasteiger partial charge in [-0.3, -0.25) is 9.59 Å². The highest BCUT2D eigenvalue weighted by molar-refractivity contribution is 7.89. The van der Waals surface area contributed by atoms with Gasteiger partial charge in [-0.25, -0.2) is 8.42 Å². The van der Waals surface area contributed by atoms with Crippen molar-refractivity contribution in [3.63, 3.8) is 0 Å². The van der Waals surface area contributed by atoms with Gasteiger partial charge in [0.15, 0.2) is 6.61 Å². The third-order valence-electron chi connectivity index (χ3n) is 4.58. The molecule has 0 unspecified atom stereocenters. The first kappa shape index (κ1) is 20.4. The van der Waals surface area contributed by atoms with E-state index in [0.717, 1.165) is 19.3 Å². The van der Waals surface area contributed by atoms with Crippen molar-refractivity contribution in [2.75, 3.05) is 25.0 Å². The van der Waals surface area contributed by atoms with Crippen LogP contribution in [-0.4, -0.2) is 44.3 Å². The Morgan fingerprint density at radius 3 is 2.42 bits per heavy atom. The quantitative estimate of drug-likeness (QED) is 0.697. The molecule has 1 fully saturated rings. The summed E-state index contributed by atoms with van der Waals surface area (Å²) in [6.07, 6.45) is 2.63. The summed E-state index contributed by atoms with van der Waals surface area (Å²) in [5.74, 6) is -0.930. The summed E-state index contributed by atoms with van der Waals surface area (Å²) in [7, 11) is -3.63. The second-order valence-electron chi connectivity index (χ2n) is 6.35. The van der Waals surface area contributed by atoms with Crippen LogP contribution < -0.4 is 5.32 Å². The van der Waals surface area contributed by atoms with Crippen molar-refractivity contribution in [3.8, 4) is 0 Å². The number of nitrogens with zero attached hydrogens (tertiary/aromatic N) is 1. The zero-order valence-corrected chi connectivity index (χ0v) is 16.3. The number of hydrogen-bond donors (Lipinski definition) is 1. The lowest BCUT2D eigenvalue weighted by atomic mass is 9.86. The molecule has 0 spiro atoms. The van der Waals surface area contributed by atoms with Gasteiger partial charge in [-0.15, -0.1) is 0 Å². The Hall–Kier alpha value is -1.93. The van der Waals surface area contributed by atoms with Crippen LogP contribution in [0.15, 0.2) is 23.1 Å². The van der Waals surface area contributed by atoms with Crippen LogP contribution in [-0.2, 0) is 24.3 Å². The van der Waals surface area contributed by atoms with Gasteiger partial charge in [-0.2, -0.15) is 4.31 Å². The standard InChI is InChI=1S/C18H26N2O5S/c1-4-20(5-2)26(23,24)16-11-15(10-9-13(16)3)19-17(21)12-25-18(22)14-7-6-8-14/h9-11,14H,4-8,12H2,1-3H3,(H,19,21). The second kappa shape index (κ2) is 8.64. The number of rotatable bonds is 8. The first-order valence-electron chi connectivity index (χ1n) is 8.86. The Morgan fingerprint density at radius 1 is 1.23 bits per heavy atom. The van der Waals surface area contributed by atoms with Gasteiger partial charge in [0.1, 0.15) is 0 Å². The first-order valence-corrected chi connectivity index (χ1v) is 10.3. The molecule has 1 aromatic rings. The first-order chi connectivity index (χ1) is 12.3. The van der Waals surface area contributed by atoms with E-state index in [0.29, 0.717) is 24.3 Å². The van der Waals surface area contributed by atoms with Crippen molar-refractivity contribution in [1.29, 1.82) is 0 Å². The number of amides is 1. The number of ether oxygens (including phenoxy) is 1. The number of anilines is 1. The Balaban J connectivity index is 2.06. The molecule has 0 atom stereocenters. The summed E-state index contributed by atoms with van der Waals surface area (Å²) in [5.41, 5.74) is 0.956. The maximum atomic E-state index is 12.7. The Kier molecular flexibility index (Phi) is 6.77. The van der Waals surface area contributed by atoms with E-state index in [2.05, 4.69) is 5.32 Å². The molecule has 0 heterocycles. The van der Waals surface area contributed by atoms with Crippen molar-refractivity contribution < 1.29 is 22.7 Å². The molecule has 2 rings (SSSR count). The molecule has 1 aliphatic carbocycles. The number of aryl methyl sites for hydroxylation is 1. The van der Waals surface area contributed by atoms with E-state index < -0.39 is 15.9 Å². The van der Waals surface area contributed by atoms with Crippen LogP contribution >= 0.6 is 0 Å². The molecule has 1 amide bonds. The van der Waals surface area contributed by atoms with Crippen molar-refractivity contribution in [2.45, 2.75) is 44.9 Å². The molecule has 1 aromatic carbocycles. The summed E-state index contributed by atoms with van der Waals surface area (Å²) in [6, 6.07) is 4.71. The number of carbonyl (C=O) groups excluding carboxylic acids is 2. The van der Waals surface area contributed by atoms with E-state index in [1.807, 2.05) is 0 Å². The van der Waals surface area contributed by atoms with Crippen LogP contribution in [0.1, 0.15) is 38.7 Å². The molecule has 0 aliphatic heterocycles. The van der Waals surface area contributed by atoms with E-state index in [4.69, 9.17) is 4.74 Å². The smallest absolute Gasteiger partial charge is 0.309 e. The third-order valence-corrected chi connectivity index (χ3v) is 6.77. The number of carbonyl (C=O) groups is 2. The van der Waals surface area contributed by atoms with Crippen LogP contribution in [0.25, 0.3) is 0 Å². The van der Waals surface area contributed by atoms with Gasteiger partial charge in [0, 0.05) is 18.8 Å². The van der Waals surface area contributed by atoms with Crippen LogP contribution in [0.2, 0.25) is 0 Å². The van der Waals surface area contributed by atoms with E-state index in [1.54, 1.807) is 32.9 Å². The summed E-state index contributed by atoms with van der Waals surface area (Å²) >= 11 is 0. The van der Waals surface area contributed by atoms with Crippen LogP contribution in [0, 0.1) is 12.8 Å². The van der Waals surface area contributed by atoms with Crippen LogP contribution in [0.4, 0.5) is 5.69 Å². The van der Waals surface area contributed by atoms with Gasteiger partial charge in [-0.1, -0.05) is 26.3 Å². The zero-order chi connectivity index (χ0) is 19.3. The van der Waals surface area contributed by atoms with Crippen molar-refractivity contribution in [3.05, 3.63) is 23.8 Å². The molecule has 8 heteroatoms. The van der Waals surface area contributed by atoms with Gasteiger partial charge in [0.25, 0.3) is 5.91 Å². The fraction of sp³-hybridized carbons (Fsp3) is 0.556. The summed E-state index contributed by atoms with van der Waals surface area (Å²) in [4.78, 5) is 23.8. The Morgan fingerprint density at radius 2 is 1.88 bits per heavy atom. The van der Waals surface area contributed by atoms with Gasteiger partial charge in [0.2, 0.25) is 10.0 Å². The maximum Gasteiger partial charge on any atom is 0.309 e. The minimum absolute atomic E-state index is 0.0898. The SMILES string of the molecule is CCN(CC)S(=O)(=O)c1cc(NC(=O)COC(=O)C2CCC2)ccc1C. The zero-order valence-electron chi connectivity index (χ0n) is 15.4. The molecule has 0 saturated heterocycles. The lowest BCUT2D eigenvalue weighted by Crippen LogP contribution is -2.31. The Bertz CT molecular complexity index is 768. The molecular weight excluding hydrogens is 356 g/mol. The molecule has 0 radical (unpaired) electrons. The van der Waals surface area contributed by atoms with E-state index >= 15 is 0 Å². The van der Waals surface area contributed by atoms with Crippen molar-refractivity contribution >= 4 is 27.6 Å². The number of hydrogen-bond acceptors (Lipinski definition) is 5. The summed E-state index contributed by atoms with van der Waals surface area (Å²) in [5, 5.41) is 2.59. The molecule has 0 bridgehead atoms. The maximum absolute atomic E-state index is 12.7. The predicted octanol–water partition coefficient (Wildman–Crippen LogP) is 2.31. The highest BCUT2D eigenvalue weighted by atomic mass is 32.2. The van der Waals surface area contributed by atoms with Gasteiger partial charge in [-0.05, 0) is 37.5 Å². The largest absolute Gasteiger partial charge is 0.455 e. The average Bonchev–Trinajstić information content (AvgIpc) is 2.54. The lowest BCUT2D eigenvalue weighted by molar-refractivity contribution is -0.154. The molecule has 0 aromatic heterocycles. The number of sulfonamides is 1. The van der Waals surface area contributed by atoms with E-state index in [-0.39, 0.29) is 23.4 Å². The van der Waals surface area contributed by atoms with E-state index in [1.165, 1.54) is 10.4 Å². The molecule has 1 aliphatic rings. The van der Waals surface area contributed by atoms with Crippen LogP contribution in [0.3, 0.4) is 0 Å². The predicted molar refractivity (Wildman–Crippen MR) is 98.2 cm³/mol. The third kappa shape index (κ3) is 4.62. The summed E-state index contributed by atoms with van der Waals surface area (Å²) < 4.78 is 31.8. The minimum Gasteiger partial charge on any atom is -0.455 e. The molecule has 1 saturated carbocycles. The Labute approximate surface area is 154 Å². The number of esters is 1. The monoisotopic (exact) mass is 382 g/mol. The minimum atomic E-state index is -3.63. The lowest BCUT2D eigenvalue weighted by Gasteiger charge is -2.23. The molecular formula is C18H26N2O5S. The topological polar surface area (TPSA) is 92.8 Å². The molecule has 144 valence electrons. The molecule has 7 nitrogen and oxygen atoms in total. The van der Waals surface area contributed by atoms with Gasteiger partial charge in [0.05, 0.1) is 10.8 Å². The van der Waals surface area contributed by atoms with E-state index in [9.17, 15) is 18.0 Å². The fourth-order valence-electron chi connectivity index (χ4n) is 2.75. The highest BCUT2D eigenvalue weighted by Gasteiger charge is 2.27. The summed E-state index contributed by atoms with van der Waals surface area (Å²) in [6.45, 7) is 5.62. The number of nitrogens with one attached hydrogen (secondary N) is 1. The second-order valence-corrected chi connectivity index (χ2v) is 8.26. The number of benzene rings is 1. The highest BCUT2D eigenvalue weighted by Crippen LogP contribution is 2.27. The molecule has 1 N–H and O–H groups in total. The average molecular weight is 382 g/mol. The van der Waals surface area contributed by atoms with Crippen molar-refractivity contribution in [2.24, 2.45) is 5.92 Å². The normalized spacial score (nSPS) is 14.8. The van der Waals surface area contributed by atoms with Crippen molar-refractivity contribution in [1.82, 2.24) is 4.31 Å². The fourth-order valence-corrected chi connectivity index (χ4v) is 4.46. The van der Waals surface area contributed by atoms with Gasteiger partial charge < -0.3 is 10.1 Å². The molecule has 26 heavy (non-hydrogen) atoms. The van der Waals surface area contributed by atoms with Crippen LogP contribution in [0.5, 0.6) is 0 Å².